The fourth-order valence-corrected chi connectivity index (χ4v) is 1.47. The molecule has 0 saturated heterocycles. The molecular weight excluding hydrogens is 248 g/mol. The highest BCUT2D eigenvalue weighted by molar-refractivity contribution is 5.94. The molecule has 0 bridgehead atoms. The summed E-state index contributed by atoms with van der Waals surface area (Å²) < 4.78 is 4.94. The molecule has 1 aromatic carbocycles. The number of aliphatic carboxylic acids is 1. The number of hydrogen-bond acceptors (Lipinski definition) is 4. The molecule has 1 rings (SSSR count). The van der Waals surface area contributed by atoms with Crippen LogP contribution < -0.4 is 5.32 Å². The van der Waals surface area contributed by atoms with Crippen molar-refractivity contribution in [2.24, 2.45) is 0 Å². The second-order valence-corrected chi connectivity index (χ2v) is 3.86. The number of amides is 1. The first kappa shape index (κ1) is 14.7. The molecule has 0 saturated carbocycles. The van der Waals surface area contributed by atoms with Crippen LogP contribution in [0.3, 0.4) is 0 Å². The van der Waals surface area contributed by atoms with E-state index in [0.29, 0.717) is 11.1 Å². The van der Waals surface area contributed by atoms with Crippen molar-refractivity contribution >= 4 is 11.9 Å². The third-order valence-electron chi connectivity index (χ3n) is 2.48. The highest BCUT2D eigenvalue weighted by atomic mass is 16.5. The molecule has 0 spiro atoms. The maximum atomic E-state index is 11.8. The Kier molecular flexibility index (Phi) is 5.51. The van der Waals surface area contributed by atoms with Crippen LogP contribution in [0, 0.1) is 11.3 Å². The summed E-state index contributed by atoms with van der Waals surface area (Å²) in [6.07, 6.45) is -0.768. The Morgan fingerprint density at radius 1 is 1.53 bits per heavy atom. The molecule has 100 valence electrons. The summed E-state index contributed by atoms with van der Waals surface area (Å²) in [4.78, 5) is 22.3. The Labute approximate surface area is 110 Å². The topological polar surface area (TPSA) is 99.4 Å². The normalized spacial score (nSPS) is 11.4. The lowest BCUT2D eigenvalue weighted by molar-refractivity contribution is -0.139. The predicted molar refractivity (Wildman–Crippen MR) is 66.5 cm³/mol. The van der Waals surface area contributed by atoms with Gasteiger partial charge in [-0.25, -0.2) is 0 Å². The lowest BCUT2D eigenvalue weighted by atomic mass is 10.1. The van der Waals surface area contributed by atoms with Crippen molar-refractivity contribution < 1.29 is 19.4 Å². The van der Waals surface area contributed by atoms with Crippen LogP contribution in [-0.4, -0.2) is 36.7 Å². The van der Waals surface area contributed by atoms with E-state index < -0.39 is 12.1 Å². The summed E-state index contributed by atoms with van der Waals surface area (Å²) in [6, 6.07) is 8.19. The molecule has 0 aliphatic heterocycles. The monoisotopic (exact) mass is 262 g/mol. The molecule has 6 heteroatoms. The number of rotatable bonds is 6. The van der Waals surface area contributed by atoms with E-state index in [-0.39, 0.29) is 18.9 Å². The zero-order valence-electron chi connectivity index (χ0n) is 10.4. The summed E-state index contributed by atoms with van der Waals surface area (Å²) >= 11 is 0. The van der Waals surface area contributed by atoms with E-state index in [9.17, 15) is 9.59 Å². The SMILES string of the molecule is COC(CNC(=O)c1cccc(C#N)c1)CC(=O)O. The molecule has 6 nitrogen and oxygen atoms in total. The largest absolute Gasteiger partial charge is 0.481 e. The third kappa shape index (κ3) is 4.77. The highest BCUT2D eigenvalue weighted by Crippen LogP contribution is 2.04. The van der Waals surface area contributed by atoms with E-state index in [0.717, 1.165) is 0 Å². The summed E-state index contributed by atoms with van der Waals surface area (Å²) in [6.45, 7) is 0.0956. The third-order valence-corrected chi connectivity index (χ3v) is 2.48. The lowest BCUT2D eigenvalue weighted by Crippen LogP contribution is -2.34. The van der Waals surface area contributed by atoms with E-state index in [2.05, 4.69) is 5.32 Å². The molecular formula is C13H14N2O4. The van der Waals surface area contributed by atoms with Gasteiger partial charge in [-0.15, -0.1) is 0 Å². The molecule has 0 aromatic heterocycles. The summed E-state index contributed by atoms with van der Waals surface area (Å²) in [5, 5.41) is 19.9. The molecule has 0 aliphatic carbocycles. The van der Waals surface area contributed by atoms with Gasteiger partial charge in [0.15, 0.2) is 0 Å². The van der Waals surface area contributed by atoms with Crippen LogP contribution in [0.15, 0.2) is 24.3 Å². The van der Waals surface area contributed by atoms with Crippen molar-refractivity contribution in [1.82, 2.24) is 5.32 Å². The number of carbonyl (C=O) groups excluding carboxylic acids is 1. The Bertz CT molecular complexity index is 508. The number of ether oxygens (including phenoxy) is 1. The first-order chi connectivity index (χ1) is 9.06. The zero-order valence-corrected chi connectivity index (χ0v) is 10.4. The molecule has 2 N–H and O–H groups in total. The number of methoxy groups -OCH3 is 1. The van der Waals surface area contributed by atoms with Gasteiger partial charge >= 0.3 is 5.97 Å². The molecule has 0 radical (unpaired) electrons. The van der Waals surface area contributed by atoms with Gasteiger partial charge in [-0.2, -0.15) is 5.26 Å². The molecule has 19 heavy (non-hydrogen) atoms. The summed E-state index contributed by atoms with van der Waals surface area (Å²) in [5.41, 5.74) is 0.741. The van der Waals surface area contributed by atoms with E-state index in [1.54, 1.807) is 18.2 Å². The van der Waals surface area contributed by atoms with Gasteiger partial charge in [0, 0.05) is 19.2 Å². The van der Waals surface area contributed by atoms with Gasteiger partial charge in [0.25, 0.3) is 5.91 Å². The molecule has 1 amide bonds. The van der Waals surface area contributed by atoms with Crippen molar-refractivity contribution in [2.45, 2.75) is 12.5 Å². The average molecular weight is 262 g/mol. The minimum atomic E-state index is -0.993. The average Bonchev–Trinajstić information content (AvgIpc) is 2.42. The number of carbonyl (C=O) groups is 2. The number of nitrogens with one attached hydrogen (secondary N) is 1. The summed E-state index contributed by atoms with van der Waals surface area (Å²) in [5.74, 6) is -1.36. The number of hydrogen-bond donors (Lipinski definition) is 2. The van der Waals surface area contributed by atoms with Gasteiger partial charge in [-0.05, 0) is 18.2 Å². The number of nitriles is 1. The molecule has 0 fully saturated rings. The van der Waals surface area contributed by atoms with E-state index in [1.165, 1.54) is 13.2 Å². The first-order valence-electron chi connectivity index (χ1n) is 5.59. The first-order valence-corrected chi connectivity index (χ1v) is 5.59. The summed E-state index contributed by atoms with van der Waals surface area (Å²) in [7, 11) is 1.38. The van der Waals surface area contributed by atoms with Gasteiger partial charge in [0.1, 0.15) is 0 Å². The van der Waals surface area contributed by atoms with Crippen LogP contribution in [0.4, 0.5) is 0 Å². The lowest BCUT2D eigenvalue weighted by Gasteiger charge is -2.13. The fourth-order valence-electron chi connectivity index (χ4n) is 1.47. The van der Waals surface area contributed by atoms with Gasteiger partial charge in [-0.3, -0.25) is 9.59 Å². The van der Waals surface area contributed by atoms with Gasteiger partial charge < -0.3 is 15.2 Å². The van der Waals surface area contributed by atoms with Gasteiger partial charge in [-0.1, -0.05) is 6.07 Å². The van der Waals surface area contributed by atoms with Crippen LogP contribution in [0.1, 0.15) is 22.3 Å². The fraction of sp³-hybridized carbons (Fsp3) is 0.308. The van der Waals surface area contributed by atoms with E-state index in [4.69, 9.17) is 15.1 Å². The number of nitrogens with zero attached hydrogens (tertiary/aromatic N) is 1. The Balaban J connectivity index is 2.59. The zero-order chi connectivity index (χ0) is 14.3. The van der Waals surface area contributed by atoms with Crippen molar-refractivity contribution in [3.8, 4) is 6.07 Å². The smallest absolute Gasteiger partial charge is 0.306 e. The second-order valence-electron chi connectivity index (χ2n) is 3.86. The number of benzene rings is 1. The highest BCUT2D eigenvalue weighted by Gasteiger charge is 2.14. The van der Waals surface area contributed by atoms with E-state index >= 15 is 0 Å². The predicted octanol–water partition coefficient (Wildman–Crippen LogP) is 0.778. The van der Waals surface area contributed by atoms with Crippen LogP contribution in [0.2, 0.25) is 0 Å². The number of carboxylic acids is 1. The van der Waals surface area contributed by atoms with Crippen LogP contribution in [0.5, 0.6) is 0 Å². The van der Waals surface area contributed by atoms with Crippen LogP contribution >= 0.6 is 0 Å². The van der Waals surface area contributed by atoms with Crippen LogP contribution in [0.25, 0.3) is 0 Å². The Morgan fingerprint density at radius 2 is 2.26 bits per heavy atom. The molecule has 1 unspecified atom stereocenters. The maximum Gasteiger partial charge on any atom is 0.306 e. The quantitative estimate of drug-likeness (QED) is 0.789. The minimum absolute atomic E-state index is 0.0956. The van der Waals surface area contributed by atoms with Crippen LogP contribution in [-0.2, 0) is 9.53 Å². The van der Waals surface area contributed by atoms with Crippen molar-refractivity contribution in [2.75, 3.05) is 13.7 Å². The van der Waals surface area contributed by atoms with Gasteiger partial charge in [0.2, 0.25) is 0 Å². The Hall–Kier alpha value is -2.39. The van der Waals surface area contributed by atoms with E-state index in [1.807, 2.05) is 6.07 Å². The molecule has 1 atom stereocenters. The Morgan fingerprint density at radius 3 is 2.84 bits per heavy atom. The number of carboxylic acid groups (broad SMARTS) is 1. The van der Waals surface area contributed by atoms with Crippen molar-refractivity contribution in [3.05, 3.63) is 35.4 Å². The molecule has 0 aliphatic rings. The standard InChI is InChI=1S/C13H14N2O4/c1-19-11(6-12(16)17)8-15-13(18)10-4-2-3-9(5-10)7-14/h2-5,11H,6,8H2,1H3,(H,15,18)(H,16,17). The maximum absolute atomic E-state index is 11.8. The van der Waals surface area contributed by atoms with Crippen molar-refractivity contribution in [1.29, 1.82) is 5.26 Å². The van der Waals surface area contributed by atoms with Gasteiger partial charge in [0.05, 0.1) is 24.2 Å². The van der Waals surface area contributed by atoms with Crippen molar-refractivity contribution in [3.63, 3.8) is 0 Å². The molecule has 0 heterocycles. The minimum Gasteiger partial charge on any atom is -0.481 e. The molecule has 1 aromatic rings. The second kappa shape index (κ2) is 7.13.